The zero-order valence-corrected chi connectivity index (χ0v) is 14.7. The normalized spacial score (nSPS) is 15.8. The fraction of sp³-hybridized carbons (Fsp3) is 0.500. The van der Waals surface area contributed by atoms with Crippen LogP contribution in [0, 0.1) is 0 Å². The van der Waals surface area contributed by atoms with E-state index in [2.05, 4.69) is 24.3 Å². The molecule has 1 aliphatic rings. The average Bonchev–Trinajstić information content (AvgIpc) is 2.12. The van der Waals surface area contributed by atoms with Crippen molar-refractivity contribution < 1.29 is 57.3 Å². The summed E-state index contributed by atoms with van der Waals surface area (Å²) >= 11 is 0. The molecule has 13 heteroatoms. The van der Waals surface area contributed by atoms with Crippen LogP contribution in [0.1, 0.15) is 25.7 Å². The minimum absolute atomic E-state index is 0. The Morgan fingerprint density at radius 1 is 0.429 bits per heavy atom. The van der Waals surface area contributed by atoms with Gasteiger partial charge in [0, 0.05) is 19.5 Å². The Labute approximate surface area is 134 Å². The van der Waals surface area contributed by atoms with Gasteiger partial charge in [-0.05, 0) is 25.7 Å². The Morgan fingerprint density at radius 3 is 0.619 bits per heavy atom. The van der Waals surface area contributed by atoms with Crippen LogP contribution in [0.15, 0.2) is 24.3 Å². The minimum atomic E-state index is -4.12. The largest absolute Gasteiger partial charge is 0.456 e. The molecule has 0 unspecified atom stereocenters. The summed E-state index contributed by atoms with van der Waals surface area (Å²) in [5, 5.41) is 0. The van der Waals surface area contributed by atoms with E-state index in [9.17, 15) is 37.8 Å². The number of allylic oxidation sites excluding steroid dienone is 4. The first-order valence-electron chi connectivity index (χ1n) is 4.82. The molecule has 0 aromatic rings. The Morgan fingerprint density at radius 2 is 0.524 bits per heavy atom. The number of hydrogen-bond donors (Lipinski definition) is 0. The van der Waals surface area contributed by atoms with Gasteiger partial charge in [-0.15, -0.1) is 0 Å². The van der Waals surface area contributed by atoms with Crippen LogP contribution in [0.3, 0.4) is 0 Å². The average molecular weight is 473 g/mol. The molecule has 0 N–H and O–H groups in total. The number of hydrogen-bond acceptors (Lipinski definition) is 0. The van der Waals surface area contributed by atoms with Crippen molar-refractivity contribution in [1.82, 2.24) is 0 Å². The van der Waals surface area contributed by atoms with E-state index in [-0.39, 0.29) is 19.5 Å². The first kappa shape index (κ1) is 29.7. The predicted octanol–water partition coefficient (Wildman–Crippen LogP) is 9.04. The Bertz CT molecular complexity index is 181. The number of halogens is 9. The molecule has 0 aromatic carbocycles. The fourth-order valence-electron chi connectivity index (χ4n) is 0.856. The van der Waals surface area contributed by atoms with Gasteiger partial charge >= 0.3 is 26.6 Å². The van der Waals surface area contributed by atoms with Gasteiger partial charge in [-0.25, -0.2) is 0 Å². The van der Waals surface area contributed by atoms with Gasteiger partial charge in [-0.3, -0.25) is 0 Å². The van der Waals surface area contributed by atoms with Crippen molar-refractivity contribution in [2.45, 2.75) is 25.7 Å². The second-order valence-corrected chi connectivity index (χ2v) is 3.82. The Hall–Kier alpha value is 0.763. The maximum Gasteiger partial charge on any atom is 0.456 e. The van der Waals surface area contributed by atoms with Crippen LogP contribution >= 0.6 is 26.6 Å². The van der Waals surface area contributed by atoms with Crippen molar-refractivity contribution in [2.24, 2.45) is 0 Å². The molecule has 0 radical (unpaired) electrons. The van der Waals surface area contributed by atoms with E-state index in [0.29, 0.717) is 0 Å². The smallest absolute Gasteiger partial charge is 0.152 e. The van der Waals surface area contributed by atoms with E-state index >= 15 is 0 Å². The Balaban J connectivity index is -0.0000000973. The molecule has 1 rings (SSSR count). The maximum atomic E-state index is 9.73. The van der Waals surface area contributed by atoms with Gasteiger partial charge in [-0.1, -0.05) is 24.3 Å². The third-order valence-electron chi connectivity index (χ3n) is 1.33. The molecule has 1 aliphatic carbocycles. The molecule has 0 amide bonds. The molecule has 0 fully saturated rings. The maximum absolute atomic E-state index is 9.73. The van der Waals surface area contributed by atoms with E-state index in [1.165, 1.54) is 25.7 Å². The molecule has 0 heterocycles. The summed E-state index contributed by atoms with van der Waals surface area (Å²) in [4.78, 5) is 0. The fourth-order valence-corrected chi connectivity index (χ4v) is 0.856. The zero-order valence-electron chi connectivity index (χ0n) is 10.2. The zero-order chi connectivity index (χ0) is 16.4. The monoisotopic (exact) mass is 474 g/mol. The summed E-state index contributed by atoms with van der Waals surface area (Å²) in [6.07, 6.45) is 14.0. The van der Waals surface area contributed by atoms with Crippen LogP contribution < -0.4 is 0 Å². The van der Waals surface area contributed by atoms with Gasteiger partial charge in [0.05, 0.1) is 0 Å². The standard InChI is InChI=1S/C8H12.3F3P.Ru/c1-2-4-6-8-7-5-3-1;3*1-4(2)3;/h1-2,7-8H,3-6H2;;;;/b2-1-,8-7-;;;;. The van der Waals surface area contributed by atoms with Crippen LogP contribution in [0.4, 0.5) is 37.8 Å². The molecular formula is C8H12F9P3Ru. The van der Waals surface area contributed by atoms with Gasteiger partial charge in [0.15, 0.2) is 0 Å². The molecule has 0 saturated heterocycles. The van der Waals surface area contributed by atoms with Crippen LogP contribution in [0.2, 0.25) is 0 Å². The van der Waals surface area contributed by atoms with E-state index in [4.69, 9.17) is 0 Å². The van der Waals surface area contributed by atoms with Crippen LogP contribution in [-0.2, 0) is 19.5 Å². The second-order valence-electron chi connectivity index (χ2n) is 2.67. The third-order valence-corrected chi connectivity index (χ3v) is 1.33. The first-order valence-corrected chi connectivity index (χ1v) is 7.86. The molecule has 0 saturated carbocycles. The SMILES string of the molecule is C1=C\CC/C=C\CC/1.FP(F)F.FP(F)F.FP(F)F.[Ru]. The quantitative estimate of drug-likeness (QED) is 0.143. The first-order chi connectivity index (χ1) is 9.20. The van der Waals surface area contributed by atoms with E-state index in [1.54, 1.807) is 0 Å². The van der Waals surface area contributed by atoms with Gasteiger partial charge < -0.3 is 0 Å². The number of rotatable bonds is 0. The van der Waals surface area contributed by atoms with E-state index < -0.39 is 26.6 Å². The van der Waals surface area contributed by atoms with Crippen molar-refractivity contribution in [3.05, 3.63) is 24.3 Å². The summed E-state index contributed by atoms with van der Waals surface area (Å²) in [6.45, 7) is 0. The van der Waals surface area contributed by atoms with Gasteiger partial charge in [0.2, 0.25) is 0 Å². The summed E-state index contributed by atoms with van der Waals surface area (Å²) in [6, 6.07) is 0. The van der Waals surface area contributed by atoms with Crippen molar-refractivity contribution in [3.8, 4) is 0 Å². The summed E-state index contributed by atoms with van der Waals surface area (Å²) in [5.41, 5.74) is 0. The minimum Gasteiger partial charge on any atom is -0.152 e. The molecular weight excluding hydrogens is 461 g/mol. The Kier molecular flexibility index (Phi) is 36.4. The molecule has 21 heavy (non-hydrogen) atoms. The van der Waals surface area contributed by atoms with Crippen molar-refractivity contribution in [2.75, 3.05) is 0 Å². The molecule has 0 nitrogen and oxygen atoms in total. The third kappa shape index (κ3) is 95.2. The summed E-state index contributed by atoms with van der Waals surface area (Å²) in [7, 11) is -12.4. The summed E-state index contributed by atoms with van der Waals surface area (Å²) < 4.78 is 87.6. The van der Waals surface area contributed by atoms with Crippen LogP contribution in [0.5, 0.6) is 0 Å². The topological polar surface area (TPSA) is 0 Å². The van der Waals surface area contributed by atoms with Gasteiger partial charge in [-0.2, -0.15) is 37.8 Å². The van der Waals surface area contributed by atoms with Gasteiger partial charge in [0.25, 0.3) is 0 Å². The predicted molar refractivity (Wildman–Crippen MR) is 67.5 cm³/mol. The molecule has 130 valence electrons. The molecule has 0 spiro atoms. The molecule has 0 bridgehead atoms. The van der Waals surface area contributed by atoms with Crippen molar-refractivity contribution >= 4 is 26.6 Å². The van der Waals surface area contributed by atoms with E-state index in [0.717, 1.165) is 0 Å². The van der Waals surface area contributed by atoms with Crippen molar-refractivity contribution in [3.63, 3.8) is 0 Å². The molecule has 0 aromatic heterocycles. The van der Waals surface area contributed by atoms with Crippen molar-refractivity contribution in [1.29, 1.82) is 0 Å². The second kappa shape index (κ2) is 25.7. The van der Waals surface area contributed by atoms with Crippen LogP contribution in [-0.4, -0.2) is 0 Å². The van der Waals surface area contributed by atoms with E-state index in [1.807, 2.05) is 0 Å². The molecule has 0 atom stereocenters. The molecule has 0 aliphatic heterocycles. The van der Waals surface area contributed by atoms with Crippen LogP contribution in [0.25, 0.3) is 0 Å². The van der Waals surface area contributed by atoms with Gasteiger partial charge in [0.1, 0.15) is 0 Å². The summed E-state index contributed by atoms with van der Waals surface area (Å²) in [5.74, 6) is 0.